The summed E-state index contributed by atoms with van der Waals surface area (Å²) in [6.07, 6.45) is 1.78. The molecule has 0 radical (unpaired) electrons. The van der Waals surface area contributed by atoms with Crippen LogP contribution < -0.4 is 0 Å². The van der Waals surface area contributed by atoms with Gasteiger partial charge in [-0.25, -0.2) is 5.10 Å². The second-order valence-electron chi connectivity index (χ2n) is 5.88. The lowest BCUT2D eigenvalue weighted by atomic mass is 10.0. The van der Waals surface area contributed by atoms with E-state index in [1.165, 1.54) is 11.1 Å². The van der Waals surface area contributed by atoms with Crippen molar-refractivity contribution in [3.05, 3.63) is 93.7 Å². The van der Waals surface area contributed by atoms with Gasteiger partial charge in [0.25, 0.3) is 0 Å². The van der Waals surface area contributed by atoms with Crippen LogP contribution in [0, 0.1) is 4.77 Å². The Balaban J connectivity index is 1.64. The number of H-pyrrole nitrogens is 1. The first-order chi connectivity index (χ1) is 13.2. The molecule has 4 nitrogen and oxygen atoms in total. The maximum atomic E-state index is 5.33. The van der Waals surface area contributed by atoms with Crippen LogP contribution in [0.2, 0.25) is 0 Å². The summed E-state index contributed by atoms with van der Waals surface area (Å²) < 4.78 is 3.00. The Morgan fingerprint density at radius 2 is 1.56 bits per heavy atom. The van der Waals surface area contributed by atoms with Crippen molar-refractivity contribution in [3.63, 3.8) is 0 Å². The van der Waals surface area contributed by atoms with Crippen LogP contribution in [0.3, 0.4) is 0 Å². The predicted octanol–water partition coefficient (Wildman–Crippen LogP) is 5.92. The Hall–Kier alpha value is -2.83. The Bertz CT molecular complexity index is 1140. The van der Waals surface area contributed by atoms with E-state index in [9.17, 15) is 0 Å². The summed E-state index contributed by atoms with van der Waals surface area (Å²) in [6, 6.07) is 26.4. The van der Waals surface area contributed by atoms with Crippen LogP contribution in [-0.2, 0) is 0 Å². The minimum atomic E-state index is 0.443. The third-order valence-corrected chi connectivity index (χ3v) is 5.06. The maximum Gasteiger partial charge on any atom is 0.216 e. The van der Waals surface area contributed by atoms with Gasteiger partial charge in [-0.05, 0) is 41.0 Å². The fourth-order valence-electron chi connectivity index (χ4n) is 2.73. The van der Waals surface area contributed by atoms with E-state index < -0.39 is 0 Å². The zero-order chi connectivity index (χ0) is 18.6. The summed E-state index contributed by atoms with van der Waals surface area (Å²) in [5.74, 6) is 0.657. The lowest BCUT2D eigenvalue weighted by Crippen LogP contribution is -1.95. The molecular formula is C21H15BrN4S. The molecule has 0 saturated heterocycles. The van der Waals surface area contributed by atoms with E-state index in [0.717, 1.165) is 15.6 Å². The normalized spacial score (nSPS) is 11.1. The van der Waals surface area contributed by atoms with Crippen molar-refractivity contribution in [3.8, 4) is 22.5 Å². The van der Waals surface area contributed by atoms with Crippen molar-refractivity contribution in [2.45, 2.75) is 0 Å². The summed E-state index contributed by atoms with van der Waals surface area (Å²) in [7, 11) is 0. The van der Waals surface area contributed by atoms with Gasteiger partial charge in [0.05, 0.1) is 6.21 Å². The van der Waals surface area contributed by atoms with Crippen LogP contribution in [0.4, 0.5) is 0 Å². The molecule has 27 heavy (non-hydrogen) atoms. The van der Waals surface area contributed by atoms with Crippen LogP contribution in [-0.4, -0.2) is 21.1 Å². The SMILES string of the molecule is S=c1[nH]nc(-c2ccccc2Br)n1/N=C/c1ccc(-c2ccccc2)cc1. The second-order valence-corrected chi connectivity index (χ2v) is 7.12. The monoisotopic (exact) mass is 434 g/mol. The number of aromatic nitrogens is 3. The van der Waals surface area contributed by atoms with E-state index in [-0.39, 0.29) is 0 Å². The number of nitrogens with zero attached hydrogens (tertiary/aromatic N) is 3. The van der Waals surface area contributed by atoms with Crippen molar-refractivity contribution < 1.29 is 0 Å². The maximum absolute atomic E-state index is 5.33. The highest BCUT2D eigenvalue weighted by molar-refractivity contribution is 9.10. The van der Waals surface area contributed by atoms with Crippen LogP contribution >= 0.6 is 28.1 Å². The van der Waals surface area contributed by atoms with Crippen molar-refractivity contribution in [2.75, 3.05) is 0 Å². The lowest BCUT2D eigenvalue weighted by Gasteiger charge is -2.04. The minimum absolute atomic E-state index is 0.443. The molecular weight excluding hydrogens is 420 g/mol. The van der Waals surface area contributed by atoms with Gasteiger partial charge in [0.15, 0.2) is 5.82 Å². The van der Waals surface area contributed by atoms with Crippen molar-refractivity contribution in [1.29, 1.82) is 0 Å². The number of nitrogens with one attached hydrogen (secondary N) is 1. The topological polar surface area (TPSA) is 46.0 Å². The van der Waals surface area contributed by atoms with Crippen molar-refractivity contribution in [2.24, 2.45) is 5.10 Å². The molecule has 0 fully saturated rings. The van der Waals surface area contributed by atoms with E-state index in [2.05, 4.69) is 55.5 Å². The zero-order valence-electron chi connectivity index (χ0n) is 14.2. The van der Waals surface area contributed by atoms with Crippen molar-refractivity contribution >= 4 is 34.4 Å². The van der Waals surface area contributed by atoms with Gasteiger partial charge >= 0.3 is 0 Å². The predicted molar refractivity (Wildman–Crippen MR) is 115 cm³/mol. The third-order valence-electron chi connectivity index (χ3n) is 4.11. The van der Waals surface area contributed by atoms with Crippen LogP contribution in [0.5, 0.6) is 0 Å². The van der Waals surface area contributed by atoms with Gasteiger partial charge in [-0.3, -0.25) is 0 Å². The number of aromatic amines is 1. The molecule has 1 N–H and O–H groups in total. The Labute approximate surface area is 170 Å². The van der Waals surface area contributed by atoms with Gasteiger partial charge in [0, 0.05) is 10.0 Å². The quantitative estimate of drug-likeness (QED) is 0.320. The van der Waals surface area contributed by atoms with Gasteiger partial charge in [0.1, 0.15) is 0 Å². The molecule has 0 aliphatic heterocycles. The standard InChI is InChI=1S/C21H15BrN4S/c22-19-9-5-4-8-18(19)20-24-25-21(27)26(20)23-14-15-10-12-17(13-11-15)16-6-2-1-3-7-16/h1-14H,(H,25,27)/b23-14+. The molecule has 4 rings (SSSR count). The highest BCUT2D eigenvalue weighted by atomic mass is 79.9. The molecule has 0 aliphatic carbocycles. The number of rotatable bonds is 4. The molecule has 132 valence electrons. The van der Waals surface area contributed by atoms with Crippen molar-refractivity contribution in [1.82, 2.24) is 14.9 Å². The highest BCUT2D eigenvalue weighted by Crippen LogP contribution is 2.26. The first-order valence-corrected chi connectivity index (χ1v) is 9.55. The molecule has 6 heteroatoms. The Morgan fingerprint density at radius 3 is 2.30 bits per heavy atom. The first kappa shape index (κ1) is 17.6. The van der Waals surface area contributed by atoms with Gasteiger partial charge in [0.2, 0.25) is 4.77 Å². The van der Waals surface area contributed by atoms with E-state index in [1.54, 1.807) is 10.9 Å². The molecule has 0 atom stereocenters. The average Bonchev–Trinajstić information content (AvgIpc) is 3.08. The van der Waals surface area contributed by atoms with Crippen LogP contribution in [0.25, 0.3) is 22.5 Å². The lowest BCUT2D eigenvalue weighted by molar-refractivity contribution is 0.871. The number of hydrogen-bond acceptors (Lipinski definition) is 3. The molecule has 1 aromatic heterocycles. The van der Waals surface area contributed by atoms with Gasteiger partial charge in [-0.1, -0.05) is 82.7 Å². The highest BCUT2D eigenvalue weighted by Gasteiger charge is 2.10. The summed E-state index contributed by atoms with van der Waals surface area (Å²) >= 11 is 8.88. The van der Waals surface area contributed by atoms with E-state index >= 15 is 0 Å². The summed E-state index contributed by atoms with van der Waals surface area (Å²) in [5, 5.41) is 11.7. The van der Waals surface area contributed by atoms with Crippen LogP contribution in [0.15, 0.2) is 88.4 Å². The average molecular weight is 435 g/mol. The summed E-state index contributed by atoms with van der Waals surface area (Å²) in [6.45, 7) is 0. The first-order valence-electron chi connectivity index (χ1n) is 8.34. The van der Waals surface area contributed by atoms with Gasteiger partial charge < -0.3 is 0 Å². The fourth-order valence-corrected chi connectivity index (χ4v) is 3.37. The summed E-state index contributed by atoms with van der Waals surface area (Å²) in [5.41, 5.74) is 4.26. The molecule has 0 saturated carbocycles. The smallest absolute Gasteiger partial charge is 0.216 e. The largest absolute Gasteiger partial charge is 0.250 e. The molecule has 0 spiro atoms. The number of benzene rings is 3. The molecule has 0 bridgehead atoms. The van der Waals surface area contributed by atoms with Gasteiger partial charge in [-0.15, -0.1) is 0 Å². The van der Waals surface area contributed by atoms with E-state index in [4.69, 9.17) is 12.2 Å². The molecule has 0 unspecified atom stereocenters. The molecule has 0 amide bonds. The van der Waals surface area contributed by atoms with Gasteiger partial charge in [-0.2, -0.15) is 14.9 Å². The van der Waals surface area contributed by atoms with E-state index in [1.807, 2.05) is 54.6 Å². The Morgan fingerprint density at radius 1 is 0.889 bits per heavy atom. The molecule has 0 aliphatic rings. The zero-order valence-corrected chi connectivity index (χ0v) is 16.6. The number of hydrogen-bond donors (Lipinski definition) is 1. The molecule has 4 aromatic rings. The van der Waals surface area contributed by atoms with Crippen LogP contribution in [0.1, 0.15) is 5.56 Å². The molecule has 3 aromatic carbocycles. The minimum Gasteiger partial charge on any atom is -0.250 e. The fraction of sp³-hybridized carbons (Fsp3) is 0. The number of halogens is 1. The summed E-state index contributed by atoms with van der Waals surface area (Å²) in [4.78, 5) is 0. The second kappa shape index (κ2) is 7.82. The Kier molecular flexibility index (Phi) is 5.09. The third kappa shape index (κ3) is 3.82. The molecule has 1 heterocycles. The van der Waals surface area contributed by atoms with E-state index in [0.29, 0.717) is 10.6 Å².